The molecule has 58 heavy (non-hydrogen) atoms. The Morgan fingerprint density at radius 3 is 1.29 bits per heavy atom. The highest BCUT2D eigenvalue weighted by Crippen LogP contribution is 2.17. The summed E-state index contributed by atoms with van der Waals surface area (Å²) in [7, 11) is 0. The molecule has 6 aromatic rings. The predicted octanol–water partition coefficient (Wildman–Crippen LogP) is 9.09. The molecule has 0 aliphatic heterocycles. The van der Waals surface area contributed by atoms with Crippen LogP contribution in [0, 0.1) is 35.5 Å². The molecule has 0 aliphatic rings. The maximum atomic E-state index is 11.5. The van der Waals surface area contributed by atoms with Crippen LogP contribution in [0.15, 0.2) is 110 Å². The fraction of sp³-hybridized carbons (Fsp3) is 0.261. The van der Waals surface area contributed by atoms with E-state index < -0.39 is 11.7 Å². The third-order valence-electron chi connectivity index (χ3n) is 7.01. The van der Waals surface area contributed by atoms with Gasteiger partial charge in [-0.3, -0.25) is 15.0 Å². The standard InChI is InChI=1S/C17H18N2O2.2C12H10N2.C4H10O.CH2Cl2.ClH/c1-17(2,3)21-16(20)19-10-6-8-14-12-18-11-13-7-4-5-9-15(13)14;2*13-7-3-5-11-9-14-8-10-4-1-2-6-12(10)11;1-3-5-4-2;2-1-3;/h4-5,7,9,11-12H,10H2,1-3H3,(H,19,20);2*1-2,4,6,8-9H,7,13H2;3-4H2,1-2H3;1H2;1H. The van der Waals surface area contributed by atoms with Crippen molar-refractivity contribution < 1.29 is 14.3 Å². The molecular formula is C46H51Cl3N6O3. The molecule has 0 atom stereocenters. The number of fused-ring (bicyclic) bond motifs is 3. The van der Waals surface area contributed by atoms with Crippen molar-refractivity contribution in [2.75, 3.05) is 38.2 Å². The molecule has 0 radical (unpaired) electrons. The molecule has 6 rings (SSSR count). The first-order valence-electron chi connectivity index (χ1n) is 18.1. The number of rotatable bonds is 3. The summed E-state index contributed by atoms with van der Waals surface area (Å²) in [4.78, 5) is 23.9. The van der Waals surface area contributed by atoms with Gasteiger partial charge in [0.15, 0.2) is 0 Å². The zero-order valence-electron chi connectivity index (χ0n) is 33.5. The number of alkyl carbamates (subject to hydrolysis) is 1. The van der Waals surface area contributed by atoms with Gasteiger partial charge < -0.3 is 26.3 Å². The highest BCUT2D eigenvalue weighted by atomic mass is 35.5. The number of hydrogen-bond acceptors (Lipinski definition) is 8. The molecule has 5 N–H and O–H groups in total. The van der Waals surface area contributed by atoms with Gasteiger partial charge in [0.05, 0.1) is 41.7 Å². The van der Waals surface area contributed by atoms with Crippen molar-refractivity contribution >= 4 is 74.0 Å². The van der Waals surface area contributed by atoms with Gasteiger partial charge in [-0.05, 0) is 34.6 Å². The molecule has 304 valence electrons. The molecule has 3 aromatic heterocycles. The molecule has 1 amide bonds. The van der Waals surface area contributed by atoms with E-state index >= 15 is 0 Å². The molecule has 0 saturated carbocycles. The number of halogens is 3. The van der Waals surface area contributed by atoms with Crippen LogP contribution in [0.1, 0.15) is 51.3 Å². The van der Waals surface area contributed by atoms with Crippen molar-refractivity contribution in [3.63, 3.8) is 0 Å². The zero-order valence-corrected chi connectivity index (χ0v) is 35.8. The summed E-state index contributed by atoms with van der Waals surface area (Å²) in [5.41, 5.74) is 12.9. The number of amides is 1. The number of alkyl halides is 2. The lowest BCUT2D eigenvalue weighted by Gasteiger charge is -2.19. The average Bonchev–Trinajstić information content (AvgIpc) is 3.21. The largest absolute Gasteiger partial charge is 0.444 e. The van der Waals surface area contributed by atoms with Gasteiger partial charge in [0.2, 0.25) is 0 Å². The number of ether oxygens (including phenoxy) is 2. The van der Waals surface area contributed by atoms with E-state index in [0.29, 0.717) is 13.1 Å². The summed E-state index contributed by atoms with van der Waals surface area (Å²) in [6, 6.07) is 24.0. The second kappa shape index (κ2) is 29.8. The van der Waals surface area contributed by atoms with Crippen molar-refractivity contribution in [2.24, 2.45) is 11.5 Å². The Labute approximate surface area is 359 Å². The Hall–Kier alpha value is -5.41. The Morgan fingerprint density at radius 1 is 0.638 bits per heavy atom. The smallest absolute Gasteiger partial charge is 0.408 e. The van der Waals surface area contributed by atoms with Crippen molar-refractivity contribution in [3.05, 3.63) is 127 Å². The van der Waals surface area contributed by atoms with Crippen molar-refractivity contribution in [2.45, 2.75) is 40.2 Å². The second-order valence-corrected chi connectivity index (χ2v) is 13.1. The first-order chi connectivity index (χ1) is 27.6. The second-order valence-electron chi connectivity index (χ2n) is 12.3. The van der Waals surface area contributed by atoms with E-state index in [0.717, 1.165) is 62.2 Å². The summed E-state index contributed by atoms with van der Waals surface area (Å²) in [5, 5.41) is 9.37. The van der Waals surface area contributed by atoms with E-state index in [9.17, 15) is 4.79 Å². The molecule has 0 unspecified atom stereocenters. The number of nitrogens with one attached hydrogen (secondary N) is 1. The van der Waals surface area contributed by atoms with Gasteiger partial charge in [0, 0.05) is 82.7 Å². The molecular weight excluding hydrogens is 791 g/mol. The van der Waals surface area contributed by atoms with E-state index in [1.165, 1.54) is 0 Å². The number of hydrogen-bond donors (Lipinski definition) is 3. The minimum atomic E-state index is -0.503. The number of nitrogens with two attached hydrogens (primary N) is 2. The Morgan fingerprint density at radius 2 is 0.983 bits per heavy atom. The number of carbonyl (C=O) groups excluding carboxylic acids is 1. The SMILES string of the molecule is CC(C)(C)OC(=O)NCC#Cc1cncc2ccccc12.CCOCC.Cl.ClCCl.NCC#Cc1cncc2ccccc12.NCC#Cc1cncc2ccccc12. The van der Waals surface area contributed by atoms with Gasteiger partial charge >= 0.3 is 6.09 Å². The van der Waals surface area contributed by atoms with Crippen molar-refractivity contribution in [1.29, 1.82) is 0 Å². The summed E-state index contributed by atoms with van der Waals surface area (Å²) >= 11 is 9.53. The van der Waals surface area contributed by atoms with Crippen LogP contribution in [0.2, 0.25) is 0 Å². The van der Waals surface area contributed by atoms with Gasteiger partial charge in [-0.25, -0.2) is 4.79 Å². The average molecular weight is 842 g/mol. The van der Waals surface area contributed by atoms with Gasteiger partial charge in [0.1, 0.15) is 5.60 Å². The van der Waals surface area contributed by atoms with E-state index in [1.807, 2.05) is 120 Å². The molecule has 3 aromatic carbocycles. The fourth-order valence-corrected chi connectivity index (χ4v) is 4.71. The summed E-state index contributed by atoms with van der Waals surface area (Å²) in [5.74, 6) is 17.6. The third kappa shape index (κ3) is 19.6. The number of aromatic nitrogens is 3. The zero-order chi connectivity index (χ0) is 41.7. The molecule has 3 heterocycles. The third-order valence-corrected chi connectivity index (χ3v) is 7.01. The lowest BCUT2D eigenvalue weighted by atomic mass is 10.1. The lowest BCUT2D eigenvalue weighted by Crippen LogP contribution is -2.32. The topological polar surface area (TPSA) is 138 Å². The van der Waals surface area contributed by atoms with Crippen LogP contribution in [0.5, 0.6) is 0 Å². The lowest BCUT2D eigenvalue weighted by molar-refractivity contribution is 0.0535. The Bertz CT molecular complexity index is 2200. The van der Waals surface area contributed by atoms with Gasteiger partial charge in [-0.15, -0.1) is 35.6 Å². The van der Waals surface area contributed by atoms with E-state index in [4.69, 9.17) is 44.1 Å². The van der Waals surface area contributed by atoms with Gasteiger partial charge in [0.25, 0.3) is 0 Å². The van der Waals surface area contributed by atoms with Gasteiger partial charge in [-0.1, -0.05) is 108 Å². The van der Waals surface area contributed by atoms with E-state index in [1.54, 1.807) is 24.8 Å². The van der Waals surface area contributed by atoms with Crippen LogP contribution in [0.3, 0.4) is 0 Å². The maximum absolute atomic E-state index is 11.5. The fourth-order valence-electron chi connectivity index (χ4n) is 4.71. The highest BCUT2D eigenvalue weighted by molar-refractivity contribution is 6.40. The predicted molar refractivity (Wildman–Crippen MR) is 244 cm³/mol. The normalized spacial score (nSPS) is 9.47. The van der Waals surface area contributed by atoms with E-state index in [-0.39, 0.29) is 24.3 Å². The van der Waals surface area contributed by atoms with Crippen LogP contribution in [0.25, 0.3) is 32.3 Å². The number of carbonyl (C=O) groups is 1. The summed E-state index contributed by atoms with van der Waals surface area (Å²) in [6.45, 7) is 12.1. The monoisotopic (exact) mass is 840 g/mol. The van der Waals surface area contributed by atoms with Crippen LogP contribution < -0.4 is 16.8 Å². The Kier molecular flexibility index (Phi) is 26.0. The maximum Gasteiger partial charge on any atom is 0.408 e. The first-order valence-corrected chi connectivity index (χ1v) is 19.2. The Balaban J connectivity index is 0.000000403. The van der Waals surface area contributed by atoms with Crippen LogP contribution >= 0.6 is 35.6 Å². The number of nitrogens with zero attached hydrogens (tertiary/aromatic N) is 3. The van der Waals surface area contributed by atoms with Crippen molar-refractivity contribution in [1.82, 2.24) is 20.3 Å². The number of benzene rings is 3. The minimum absolute atomic E-state index is 0. The van der Waals surface area contributed by atoms with E-state index in [2.05, 4.69) is 55.8 Å². The molecule has 0 bridgehead atoms. The highest BCUT2D eigenvalue weighted by Gasteiger charge is 2.15. The molecule has 0 spiro atoms. The summed E-state index contributed by atoms with van der Waals surface area (Å²) in [6.07, 6.45) is 10.3. The molecule has 0 fully saturated rings. The van der Waals surface area contributed by atoms with Crippen LogP contribution in [-0.4, -0.2) is 64.8 Å². The molecule has 0 saturated heterocycles. The molecule has 9 nitrogen and oxygen atoms in total. The molecule has 0 aliphatic carbocycles. The molecule has 12 heteroatoms. The minimum Gasteiger partial charge on any atom is -0.444 e. The summed E-state index contributed by atoms with van der Waals surface area (Å²) < 4.78 is 9.96. The first kappa shape index (κ1) is 50.6. The van der Waals surface area contributed by atoms with Crippen molar-refractivity contribution in [3.8, 4) is 35.5 Å². The van der Waals surface area contributed by atoms with Crippen LogP contribution in [-0.2, 0) is 9.47 Å². The quantitative estimate of drug-likeness (QED) is 0.119. The van der Waals surface area contributed by atoms with Crippen LogP contribution in [0.4, 0.5) is 4.79 Å². The number of pyridine rings is 3. The van der Waals surface area contributed by atoms with Gasteiger partial charge in [-0.2, -0.15) is 0 Å².